The Morgan fingerprint density at radius 3 is 2.18 bits per heavy atom. The lowest BCUT2D eigenvalue weighted by molar-refractivity contribution is -0.123. The van der Waals surface area contributed by atoms with Gasteiger partial charge in [-0.3, -0.25) is 20.4 Å². The molecule has 0 radical (unpaired) electrons. The summed E-state index contributed by atoms with van der Waals surface area (Å²) in [6.45, 7) is 0.329. The SMILES string of the molecule is O=C(COc1cccc2ccccc12)NNC(=O)c1ccccc1OCCOc1ccccc1. The van der Waals surface area contributed by atoms with Crippen LogP contribution < -0.4 is 25.1 Å². The van der Waals surface area contributed by atoms with Gasteiger partial charge in [-0.1, -0.05) is 66.7 Å². The minimum Gasteiger partial charge on any atom is -0.490 e. The Balaban J connectivity index is 1.26. The number of amides is 2. The van der Waals surface area contributed by atoms with Crippen LogP contribution in [0, 0.1) is 0 Å². The summed E-state index contributed by atoms with van der Waals surface area (Å²) in [6, 6.07) is 29.5. The van der Waals surface area contributed by atoms with E-state index in [1.165, 1.54) is 0 Å². The maximum Gasteiger partial charge on any atom is 0.276 e. The van der Waals surface area contributed by atoms with Gasteiger partial charge in [0.05, 0.1) is 5.56 Å². The van der Waals surface area contributed by atoms with E-state index in [1.54, 1.807) is 30.3 Å². The van der Waals surface area contributed by atoms with E-state index in [0.29, 0.717) is 18.1 Å². The normalized spacial score (nSPS) is 10.4. The standard InChI is InChI=1S/C27H24N2O5/c30-26(19-34-24-16-8-10-20-9-4-5-13-22(20)24)28-29-27(31)23-14-6-7-15-25(23)33-18-17-32-21-11-2-1-3-12-21/h1-16H,17-19H2,(H,28,30)(H,29,31). The van der Waals surface area contributed by atoms with E-state index in [0.717, 1.165) is 16.5 Å². The zero-order chi connectivity index (χ0) is 23.6. The summed E-state index contributed by atoms with van der Waals surface area (Å²) in [5, 5.41) is 1.92. The van der Waals surface area contributed by atoms with Gasteiger partial charge < -0.3 is 14.2 Å². The lowest BCUT2D eigenvalue weighted by Crippen LogP contribution is -2.44. The van der Waals surface area contributed by atoms with Crippen LogP contribution in [-0.2, 0) is 4.79 Å². The molecule has 0 fully saturated rings. The number of carbonyl (C=O) groups is 2. The number of benzene rings is 4. The molecular weight excluding hydrogens is 432 g/mol. The van der Waals surface area contributed by atoms with Crippen molar-refractivity contribution in [3.63, 3.8) is 0 Å². The van der Waals surface area contributed by atoms with Crippen molar-refractivity contribution in [2.75, 3.05) is 19.8 Å². The molecular formula is C27H24N2O5. The molecule has 0 saturated carbocycles. The summed E-state index contributed by atoms with van der Waals surface area (Å²) in [5.41, 5.74) is 5.06. The number of fused-ring (bicyclic) bond motifs is 1. The third kappa shape index (κ3) is 6.04. The second-order valence-corrected chi connectivity index (χ2v) is 7.27. The first kappa shape index (κ1) is 22.7. The van der Waals surface area contributed by atoms with Gasteiger partial charge >= 0.3 is 0 Å². The Morgan fingerprint density at radius 1 is 0.618 bits per heavy atom. The monoisotopic (exact) mass is 456 g/mol. The zero-order valence-corrected chi connectivity index (χ0v) is 18.4. The molecule has 2 N–H and O–H groups in total. The lowest BCUT2D eigenvalue weighted by atomic mass is 10.1. The van der Waals surface area contributed by atoms with Crippen LogP contribution in [-0.4, -0.2) is 31.6 Å². The molecule has 172 valence electrons. The average Bonchev–Trinajstić information content (AvgIpc) is 2.89. The van der Waals surface area contributed by atoms with E-state index in [4.69, 9.17) is 14.2 Å². The molecule has 4 aromatic rings. The molecule has 4 aromatic carbocycles. The van der Waals surface area contributed by atoms with Crippen LogP contribution in [0.25, 0.3) is 10.8 Å². The minimum atomic E-state index is -0.502. The van der Waals surface area contributed by atoms with Crippen LogP contribution in [0.4, 0.5) is 0 Å². The number of rotatable bonds is 9. The van der Waals surface area contributed by atoms with Gasteiger partial charge in [-0.15, -0.1) is 0 Å². The second-order valence-electron chi connectivity index (χ2n) is 7.27. The summed E-state index contributed by atoms with van der Waals surface area (Å²) in [5.74, 6) is 0.730. The fourth-order valence-corrected chi connectivity index (χ4v) is 3.30. The van der Waals surface area contributed by atoms with Crippen molar-refractivity contribution in [3.8, 4) is 17.2 Å². The highest BCUT2D eigenvalue weighted by atomic mass is 16.5. The molecule has 2 amide bonds. The molecule has 34 heavy (non-hydrogen) atoms. The zero-order valence-electron chi connectivity index (χ0n) is 18.4. The predicted octanol–water partition coefficient (Wildman–Crippen LogP) is 4.14. The molecule has 0 saturated heterocycles. The number of ether oxygens (including phenoxy) is 3. The van der Waals surface area contributed by atoms with E-state index < -0.39 is 11.8 Å². The van der Waals surface area contributed by atoms with Crippen LogP contribution in [0.5, 0.6) is 17.2 Å². The number of para-hydroxylation sites is 2. The molecule has 0 heterocycles. The molecule has 0 aromatic heterocycles. The van der Waals surface area contributed by atoms with Crippen LogP contribution >= 0.6 is 0 Å². The quantitative estimate of drug-likeness (QED) is 0.292. The number of carbonyl (C=O) groups excluding carboxylic acids is 2. The van der Waals surface area contributed by atoms with Gasteiger partial charge in [-0.05, 0) is 35.7 Å². The van der Waals surface area contributed by atoms with E-state index >= 15 is 0 Å². The maximum absolute atomic E-state index is 12.6. The number of hydrogen-bond donors (Lipinski definition) is 2. The Hall–Kier alpha value is -4.52. The van der Waals surface area contributed by atoms with Crippen LogP contribution in [0.1, 0.15) is 10.4 Å². The van der Waals surface area contributed by atoms with Gasteiger partial charge in [0.2, 0.25) is 0 Å². The largest absolute Gasteiger partial charge is 0.490 e. The molecule has 7 nitrogen and oxygen atoms in total. The van der Waals surface area contributed by atoms with E-state index in [2.05, 4.69) is 10.9 Å². The second kappa shape index (κ2) is 11.4. The summed E-state index contributed by atoms with van der Waals surface area (Å²) in [7, 11) is 0. The van der Waals surface area contributed by atoms with Crippen LogP contribution in [0.15, 0.2) is 97.1 Å². The maximum atomic E-state index is 12.6. The van der Waals surface area contributed by atoms with Crippen molar-refractivity contribution in [1.82, 2.24) is 10.9 Å². The topological polar surface area (TPSA) is 85.9 Å². The lowest BCUT2D eigenvalue weighted by Gasteiger charge is -2.13. The smallest absolute Gasteiger partial charge is 0.276 e. The minimum absolute atomic E-state index is 0.247. The van der Waals surface area contributed by atoms with Crippen molar-refractivity contribution in [2.45, 2.75) is 0 Å². The van der Waals surface area contributed by atoms with Crippen molar-refractivity contribution in [1.29, 1.82) is 0 Å². The Labute approximate surface area is 197 Å². The van der Waals surface area contributed by atoms with Crippen molar-refractivity contribution in [2.24, 2.45) is 0 Å². The summed E-state index contributed by atoms with van der Waals surface area (Å²) < 4.78 is 17.0. The van der Waals surface area contributed by atoms with E-state index in [-0.39, 0.29) is 18.8 Å². The van der Waals surface area contributed by atoms with Gasteiger partial charge in [-0.2, -0.15) is 0 Å². The Bertz CT molecular complexity index is 1250. The number of hydrazine groups is 1. The third-order valence-corrected chi connectivity index (χ3v) is 4.91. The van der Waals surface area contributed by atoms with E-state index in [9.17, 15) is 9.59 Å². The fourth-order valence-electron chi connectivity index (χ4n) is 3.30. The highest BCUT2D eigenvalue weighted by molar-refractivity contribution is 5.98. The van der Waals surface area contributed by atoms with Gasteiger partial charge in [0.15, 0.2) is 6.61 Å². The number of hydrogen-bond acceptors (Lipinski definition) is 5. The van der Waals surface area contributed by atoms with E-state index in [1.807, 2.05) is 66.7 Å². The molecule has 0 unspecified atom stereocenters. The average molecular weight is 456 g/mol. The van der Waals surface area contributed by atoms with Crippen molar-refractivity contribution < 1.29 is 23.8 Å². The molecule has 0 aliphatic heterocycles. The van der Waals surface area contributed by atoms with Gasteiger partial charge in [0.25, 0.3) is 11.8 Å². The summed E-state index contributed by atoms with van der Waals surface area (Å²) in [6.07, 6.45) is 0. The molecule has 4 rings (SSSR count). The fraction of sp³-hybridized carbons (Fsp3) is 0.111. The summed E-state index contributed by atoms with van der Waals surface area (Å²) >= 11 is 0. The molecule has 0 aliphatic carbocycles. The number of nitrogens with one attached hydrogen (secondary N) is 2. The Kier molecular flexibility index (Phi) is 7.58. The Morgan fingerprint density at radius 2 is 1.29 bits per heavy atom. The van der Waals surface area contributed by atoms with Gasteiger partial charge in [0.1, 0.15) is 30.5 Å². The highest BCUT2D eigenvalue weighted by Crippen LogP contribution is 2.25. The first-order valence-corrected chi connectivity index (χ1v) is 10.8. The first-order valence-electron chi connectivity index (χ1n) is 10.8. The molecule has 0 spiro atoms. The summed E-state index contributed by atoms with van der Waals surface area (Å²) in [4.78, 5) is 24.8. The van der Waals surface area contributed by atoms with Gasteiger partial charge in [0, 0.05) is 5.39 Å². The van der Waals surface area contributed by atoms with Crippen molar-refractivity contribution in [3.05, 3.63) is 103 Å². The molecule has 0 atom stereocenters. The van der Waals surface area contributed by atoms with Crippen molar-refractivity contribution >= 4 is 22.6 Å². The van der Waals surface area contributed by atoms with Crippen LogP contribution in [0.3, 0.4) is 0 Å². The third-order valence-electron chi connectivity index (χ3n) is 4.91. The molecule has 7 heteroatoms. The van der Waals surface area contributed by atoms with Crippen LogP contribution in [0.2, 0.25) is 0 Å². The first-order chi connectivity index (χ1) is 16.7. The highest BCUT2D eigenvalue weighted by Gasteiger charge is 2.13. The van der Waals surface area contributed by atoms with Gasteiger partial charge in [-0.25, -0.2) is 0 Å². The molecule has 0 bridgehead atoms. The molecule has 0 aliphatic rings. The predicted molar refractivity (Wildman–Crippen MR) is 129 cm³/mol.